The standard InChI is InChI=1S/C10H9NO4/c12-9(13)6-5-7-3-1-2-4-8(7)11-10(14)15/h1-6,11H,(H,12,13)(H,14,15). The first kappa shape index (κ1) is 10.8. The highest BCUT2D eigenvalue weighted by Crippen LogP contribution is 2.16. The maximum atomic E-state index is 10.4. The van der Waals surface area contributed by atoms with Crippen molar-refractivity contribution in [1.29, 1.82) is 0 Å². The summed E-state index contributed by atoms with van der Waals surface area (Å²) in [7, 11) is 0. The Morgan fingerprint density at radius 2 is 1.87 bits per heavy atom. The third-order valence-corrected chi connectivity index (χ3v) is 1.61. The number of carboxylic acid groups (broad SMARTS) is 2. The van der Waals surface area contributed by atoms with Gasteiger partial charge in [-0.1, -0.05) is 18.2 Å². The Bertz CT molecular complexity index is 412. The lowest BCUT2D eigenvalue weighted by Crippen LogP contribution is -2.08. The fourth-order valence-electron chi connectivity index (χ4n) is 1.03. The van der Waals surface area contributed by atoms with Crippen molar-refractivity contribution in [1.82, 2.24) is 0 Å². The zero-order valence-corrected chi connectivity index (χ0v) is 7.68. The molecule has 1 amide bonds. The van der Waals surface area contributed by atoms with E-state index in [1.165, 1.54) is 6.08 Å². The highest BCUT2D eigenvalue weighted by atomic mass is 16.4. The topological polar surface area (TPSA) is 86.6 Å². The number of nitrogens with one attached hydrogen (secondary N) is 1. The fourth-order valence-corrected chi connectivity index (χ4v) is 1.03. The third kappa shape index (κ3) is 3.51. The van der Waals surface area contributed by atoms with E-state index >= 15 is 0 Å². The molecule has 15 heavy (non-hydrogen) atoms. The van der Waals surface area contributed by atoms with Gasteiger partial charge in [0.1, 0.15) is 0 Å². The highest BCUT2D eigenvalue weighted by molar-refractivity contribution is 5.90. The molecule has 0 aliphatic heterocycles. The molecule has 0 saturated heterocycles. The molecule has 0 bridgehead atoms. The van der Waals surface area contributed by atoms with Crippen LogP contribution in [-0.2, 0) is 4.79 Å². The second-order valence-corrected chi connectivity index (χ2v) is 2.69. The zero-order chi connectivity index (χ0) is 11.3. The minimum Gasteiger partial charge on any atom is -0.478 e. The van der Waals surface area contributed by atoms with Gasteiger partial charge >= 0.3 is 12.1 Å². The van der Waals surface area contributed by atoms with E-state index in [-0.39, 0.29) is 0 Å². The zero-order valence-electron chi connectivity index (χ0n) is 7.68. The van der Waals surface area contributed by atoms with Crippen molar-refractivity contribution < 1.29 is 19.8 Å². The van der Waals surface area contributed by atoms with Gasteiger partial charge in [-0.3, -0.25) is 5.32 Å². The van der Waals surface area contributed by atoms with Crippen LogP contribution in [0.25, 0.3) is 6.08 Å². The van der Waals surface area contributed by atoms with Crippen LogP contribution in [-0.4, -0.2) is 22.3 Å². The second kappa shape index (κ2) is 4.80. The van der Waals surface area contributed by atoms with Gasteiger partial charge in [0.2, 0.25) is 0 Å². The average molecular weight is 207 g/mol. The normalized spacial score (nSPS) is 10.1. The molecule has 0 fully saturated rings. The number of carbonyl (C=O) groups is 2. The Morgan fingerprint density at radius 3 is 2.47 bits per heavy atom. The predicted octanol–water partition coefficient (Wildman–Crippen LogP) is 1.87. The van der Waals surface area contributed by atoms with Crippen molar-refractivity contribution in [2.75, 3.05) is 5.32 Å². The number of carboxylic acids is 1. The first-order chi connectivity index (χ1) is 7.09. The van der Waals surface area contributed by atoms with Gasteiger partial charge in [0, 0.05) is 6.08 Å². The number of benzene rings is 1. The summed E-state index contributed by atoms with van der Waals surface area (Å²) in [5.74, 6) is -1.08. The van der Waals surface area contributed by atoms with Gasteiger partial charge in [0.15, 0.2) is 0 Å². The van der Waals surface area contributed by atoms with Gasteiger partial charge in [0.25, 0.3) is 0 Å². The highest BCUT2D eigenvalue weighted by Gasteiger charge is 2.01. The Morgan fingerprint density at radius 1 is 1.20 bits per heavy atom. The quantitative estimate of drug-likeness (QED) is 0.660. The molecule has 5 nitrogen and oxygen atoms in total. The number of hydrogen-bond acceptors (Lipinski definition) is 2. The van der Waals surface area contributed by atoms with Crippen molar-refractivity contribution in [3.8, 4) is 0 Å². The van der Waals surface area contributed by atoms with Crippen LogP contribution in [0.5, 0.6) is 0 Å². The molecule has 0 aliphatic rings. The Balaban J connectivity index is 2.95. The number of aliphatic carboxylic acids is 1. The van der Waals surface area contributed by atoms with Crippen molar-refractivity contribution >= 4 is 23.8 Å². The largest absolute Gasteiger partial charge is 0.478 e. The van der Waals surface area contributed by atoms with Crippen molar-refractivity contribution in [2.24, 2.45) is 0 Å². The molecule has 0 radical (unpaired) electrons. The summed E-state index contributed by atoms with van der Waals surface area (Å²) in [6.45, 7) is 0. The van der Waals surface area contributed by atoms with E-state index in [4.69, 9.17) is 10.2 Å². The molecule has 0 spiro atoms. The molecule has 1 aromatic carbocycles. The smallest absolute Gasteiger partial charge is 0.409 e. The van der Waals surface area contributed by atoms with Gasteiger partial charge in [-0.2, -0.15) is 0 Å². The molecule has 5 heteroatoms. The van der Waals surface area contributed by atoms with Gasteiger partial charge in [-0.25, -0.2) is 9.59 Å². The molecule has 0 saturated carbocycles. The lowest BCUT2D eigenvalue weighted by molar-refractivity contribution is -0.131. The second-order valence-electron chi connectivity index (χ2n) is 2.69. The molecule has 0 aliphatic carbocycles. The summed E-state index contributed by atoms with van der Waals surface area (Å²) in [4.78, 5) is 20.7. The van der Waals surface area contributed by atoms with Crippen molar-refractivity contribution in [3.63, 3.8) is 0 Å². The molecule has 1 aromatic rings. The molecule has 0 heterocycles. The van der Waals surface area contributed by atoms with Gasteiger partial charge in [-0.15, -0.1) is 0 Å². The van der Waals surface area contributed by atoms with Gasteiger partial charge < -0.3 is 10.2 Å². The van der Waals surface area contributed by atoms with Crippen LogP contribution >= 0.6 is 0 Å². The van der Waals surface area contributed by atoms with Crippen LogP contribution in [0.1, 0.15) is 5.56 Å². The monoisotopic (exact) mass is 207 g/mol. The summed E-state index contributed by atoms with van der Waals surface area (Å²) in [6.07, 6.45) is 1.09. The van der Waals surface area contributed by atoms with Crippen molar-refractivity contribution in [3.05, 3.63) is 35.9 Å². The minimum atomic E-state index is -1.19. The van der Waals surface area contributed by atoms with E-state index in [1.807, 2.05) is 0 Å². The van der Waals surface area contributed by atoms with E-state index < -0.39 is 12.1 Å². The lowest BCUT2D eigenvalue weighted by Gasteiger charge is -2.03. The number of amides is 1. The van der Waals surface area contributed by atoms with Crippen LogP contribution in [0.4, 0.5) is 10.5 Å². The van der Waals surface area contributed by atoms with Crippen LogP contribution in [0.3, 0.4) is 0 Å². The molecular formula is C10H9NO4. The summed E-state index contributed by atoms with van der Waals surface area (Å²) >= 11 is 0. The van der Waals surface area contributed by atoms with Crippen LogP contribution in [0.15, 0.2) is 30.3 Å². The van der Waals surface area contributed by atoms with E-state index in [0.717, 1.165) is 6.08 Å². The molecule has 0 atom stereocenters. The van der Waals surface area contributed by atoms with Crippen LogP contribution < -0.4 is 5.32 Å². The summed E-state index contributed by atoms with van der Waals surface area (Å²) < 4.78 is 0. The van der Waals surface area contributed by atoms with Gasteiger partial charge in [-0.05, 0) is 17.7 Å². The molecule has 1 rings (SSSR count). The summed E-state index contributed by atoms with van der Waals surface area (Å²) in [5, 5.41) is 19.1. The van der Waals surface area contributed by atoms with E-state index in [0.29, 0.717) is 11.3 Å². The fraction of sp³-hybridized carbons (Fsp3) is 0. The molecule has 78 valence electrons. The van der Waals surface area contributed by atoms with E-state index in [9.17, 15) is 9.59 Å². The molecule has 0 unspecified atom stereocenters. The first-order valence-corrected chi connectivity index (χ1v) is 4.09. The number of rotatable bonds is 3. The summed E-state index contributed by atoms with van der Waals surface area (Å²) in [5.41, 5.74) is 0.852. The maximum Gasteiger partial charge on any atom is 0.409 e. The van der Waals surface area contributed by atoms with Crippen molar-refractivity contribution in [2.45, 2.75) is 0 Å². The Kier molecular flexibility index (Phi) is 3.45. The third-order valence-electron chi connectivity index (χ3n) is 1.61. The Hall–Kier alpha value is -2.30. The van der Waals surface area contributed by atoms with E-state index in [2.05, 4.69) is 5.32 Å². The molecule has 3 N–H and O–H groups in total. The number of para-hydroxylation sites is 1. The van der Waals surface area contributed by atoms with Gasteiger partial charge in [0.05, 0.1) is 5.69 Å². The molecular weight excluding hydrogens is 198 g/mol. The Labute approximate surface area is 85.7 Å². The van der Waals surface area contributed by atoms with Crippen LogP contribution in [0, 0.1) is 0 Å². The minimum absolute atomic E-state index is 0.350. The maximum absolute atomic E-state index is 10.4. The lowest BCUT2D eigenvalue weighted by atomic mass is 10.1. The summed E-state index contributed by atoms with van der Waals surface area (Å²) in [6, 6.07) is 6.51. The number of anilines is 1. The first-order valence-electron chi connectivity index (χ1n) is 4.09. The number of hydrogen-bond donors (Lipinski definition) is 3. The predicted molar refractivity (Wildman–Crippen MR) is 54.8 cm³/mol. The molecule has 0 aromatic heterocycles. The SMILES string of the molecule is O=C(O)C=Cc1ccccc1NC(=O)O. The van der Waals surface area contributed by atoms with E-state index in [1.54, 1.807) is 24.3 Å². The van der Waals surface area contributed by atoms with Crippen LogP contribution in [0.2, 0.25) is 0 Å². The average Bonchev–Trinajstić information content (AvgIpc) is 2.15.